The van der Waals surface area contributed by atoms with Crippen molar-refractivity contribution in [3.63, 3.8) is 0 Å². The minimum Gasteiger partial charge on any atom is -0.384 e. The molecule has 2 rings (SSSR count). The first-order valence-electron chi connectivity index (χ1n) is 5.99. The number of piperidine rings is 1. The molecule has 18 heavy (non-hydrogen) atoms. The molecule has 0 bridgehead atoms. The number of anilines is 1. The molecule has 4 N–H and O–H groups in total. The molecule has 1 saturated heterocycles. The highest BCUT2D eigenvalue weighted by Crippen LogP contribution is 2.21. The van der Waals surface area contributed by atoms with E-state index in [0.29, 0.717) is 23.9 Å². The van der Waals surface area contributed by atoms with Crippen LogP contribution in [-0.2, 0) is 11.3 Å². The molecule has 98 valence electrons. The van der Waals surface area contributed by atoms with Gasteiger partial charge in [-0.1, -0.05) is 11.6 Å². The molecule has 0 aliphatic carbocycles. The van der Waals surface area contributed by atoms with Gasteiger partial charge < -0.3 is 11.5 Å². The number of hydrogen-bond donors (Lipinski definition) is 2. The van der Waals surface area contributed by atoms with Gasteiger partial charge in [-0.15, -0.1) is 0 Å². The predicted octanol–water partition coefficient (Wildman–Crippen LogP) is 1.01. The number of aromatic nitrogens is 1. The van der Waals surface area contributed by atoms with Crippen molar-refractivity contribution in [2.24, 2.45) is 11.7 Å². The van der Waals surface area contributed by atoms with E-state index < -0.39 is 0 Å². The summed E-state index contributed by atoms with van der Waals surface area (Å²) in [6, 6.07) is 3.42. The van der Waals surface area contributed by atoms with Crippen LogP contribution in [0.5, 0.6) is 0 Å². The second-order valence-electron chi connectivity index (χ2n) is 4.64. The van der Waals surface area contributed by atoms with E-state index in [9.17, 15) is 4.79 Å². The van der Waals surface area contributed by atoms with Crippen molar-refractivity contribution in [3.8, 4) is 0 Å². The van der Waals surface area contributed by atoms with Crippen molar-refractivity contribution in [3.05, 3.63) is 22.8 Å². The van der Waals surface area contributed by atoms with E-state index in [-0.39, 0.29) is 11.8 Å². The molecule has 6 heteroatoms. The molecule has 1 unspecified atom stereocenters. The Morgan fingerprint density at radius 2 is 2.33 bits per heavy atom. The molecule has 0 radical (unpaired) electrons. The smallest absolute Gasteiger partial charge is 0.221 e. The molecule has 1 amide bonds. The average Bonchev–Trinajstić information content (AvgIpc) is 2.34. The number of likely N-dealkylation sites (tertiary alicyclic amines) is 1. The Labute approximate surface area is 111 Å². The van der Waals surface area contributed by atoms with Crippen LogP contribution in [0.2, 0.25) is 5.02 Å². The average molecular weight is 269 g/mol. The van der Waals surface area contributed by atoms with Crippen molar-refractivity contribution in [1.82, 2.24) is 9.88 Å². The van der Waals surface area contributed by atoms with Gasteiger partial charge in [-0.05, 0) is 31.5 Å². The fourth-order valence-corrected chi connectivity index (χ4v) is 2.42. The van der Waals surface area contributed by atoms with Crippen LogP contribution in [-0.4, -0.2) is 28.9 Å². The van der Waals surface area contributed by atoms with Crippen LogP contribution in [0.1, 0.15) is 18.5 Å². The zero-order valence-corrected chi connectivity index (χ0v) is 10.9. The normalized spacial score (nSPS) is 20.8. The van der Waals surface area contributed by atoms with E-state index in [2.05, 4.69) is 9.88 Å². The van der Waals surface area contributed by atoms with Gasteiger partial charge in [-0.3, -0.25) is 9.69 Å². The fourth-order valence-electron chi connectivity index (χ4n) is 2.26. The number of halogens is 1. The Balaban J connectivity index is 2.04. The second kappa shape index (κ2) is 5.54. The van der Waals surface area contributed by atoms with Crippen LogP contribution in [0.25, 0.3) is 0 Å². The van der Waals surface area contributed by atoms with E-state index in [4.69, 9.17) is 23.1 Å². The second-order valence-corrected chi connectivity index (χ2v) is 5.05. The third-order valence-electron chi connectivity index (χ3n) is 3.22. The summed E-state index contributed by atoms with van der Waals surface area (Å²) in [5.41, 5.74) is 11.7. The molecule has 1 aromatic heterocycles. The van der Waals surface area contributed by atoms with Crippen molar-refractivity contribution in [2.45, 2.75) is 19.4 Å². The first-order chi connectivity index (χ1) is 8.56. The Morgan fingerprint density at radius 1 is 1.56 bits per heavy atom. The van der Waals surface area contributed by atoms with Crippen LogP contribution >= 0.6 is 11.6 Å². The lowest BCUT2D eigenvalue weighted by Gasteiger charge is -2.30. The van der Waals surface area contributed by atoms with Gasteiger partial charge in [0.15, 0.2) is 0 Å². The molecular formula is C12H17ClN4O. The minimum absolute atomic E-state index is 0.0708. The van der Waals surface area contributed by atoms with Crippen LogP contribution < -0.4 is 11.5 Å². The number of amides is 1. The van der Waals surface area contributed by atoms with Gasteiger partial charge in [0.2, 0.25) is 5.91 Å². The monoisotopic (exact) mass is 268 g/mol. The van der Waals surface area contributed by atoms with E-state index in [1.165, 1.54) is 0 Å². The summed E-state index contributed by atoms with van der Waals surface area (Å²) in [6.07, 6.45) is 1.83. The van der Waals surface area contributed by atoms with Gasteiger partial charge in [-0.2, -0.15) is 0 Å². The van der Waals surface area contributed by atoms with Crippen LogP contribution in [0, 0.1) is 5.92 Å². The van der Waals surface area contributed by atoms with Gasteiger partial charge in [0.05, 0.1) is 16.6 Å². The summed E-state index contributed by atoms with van der Waals surface area (Å²) in [7, 11) is 0. The summed E-state index contributed by atoms with van der Waals surface area (Å²) in [5.74, 6) is 0.155. The SMILES string of the molecule is NC(=O)C1CCCN(Cc2nc(N)ccc2Cl)C1. The maximum Gasteiger partial charge on any atom is 0.221 e. The van der Waals surface area contributed by atoms with E-state index in [0.717, 1.165) is 25.1 Å². The molecule has 0 aromatic carbocycles. The first kappa shape index (κ1) is 13.1. The van der Waals surface area contributed by atoms with Gasteiger partial charge in [0.1, 0.15) is 5.82 Å². The Bertz CT molecular complexity index is 452. The lowest BCUT2D eigenvalue weighted by molar-refractivity contribution is -0.123. The molecule has 1 aliphatic heterocycles. The Morgan fingerprint density at radius 3 is 3.06 bits per heavy atom. The number of nitrogen functional groups attached to an aromatic ring is 1. The predicted molar refractivity (Wildman–Crippen MR) is 70.9 cm³/mol. The summed E-state index contributed by atoms with van der Waals surface area (Å²) in [5, 5.41) is 0.602. The molecule has 5 nitrogen and oxygen atoms in total. The van der Waals surface area contributed by atoms with Crippen LogP contribution in [0.15, 0.2) is 12.1 Å². The molecule has 1 atom stereocenters. The maximum absolute atomic E-state index is 11.2. The molecule has 1 aliphatic rings. The molecule has 2 heterocycles. The zero-order chi connectivity index (χ0) is 13.1. The van der Waals surface area contributed by atoms with E-state index >= 15 is 0 Å². The van der Waals surface area contributed by atoms with Crippen molar-refractivity contribution < 1.29 is 4.79 Å². The lowest BCUT2D eigenvalue weighted by Crippen LogP contribution is -2.40. The van der Waals surface area contributed by atoms with Crippen molar-refractivity contribution in [2.75, 3.05) is 18.8 Å². The zero-order valence-electron chi connectivity index (χ0n) is 10.1. The van der Waals surface area contributed by atoms with E-state index in [1.54, 1.807) is 12.1 Å². The van der Waals surface area contributed by atoms with Gasteiger partial charge in [0, 0.05) is 13.1 Å². The maximum atomic E-state index is 11.2. The number of carbonyl (C=O) groups is 1. The highest BCUT2D eigenvalue weighted by Gasteiger charge is 2.24. The van der Waals surface area contributed by atoms with Crippen molar-refractivity contribution in [1.29, 1.82) is 0 Å². The van der Waals surface area contributed by atoms with Gasteiger partial charge >= 0.3 is 0 Å². The standard InChI is InChI=1S/C12H17ClN4O/c13-9-3-4-11(14)16-10(9)7-17-5-1-2-8(6-17)12(15)18/h3-4,8H,1-2,5-7H2,(H2,14,16)(H2,15,18). The number of rotatable bonds is 3. The Hall–Kier alpha value is -1.33. The van der Waals surface area contributed by atoms with Crippen LogP contribution in [0.3, 0.4) is 0 Å². The highest BCUT2D eigenvalue weighted by molar-refractivity contribution is 6.31. The number of nitrogens with two attached hydrogens (primary N) is 2. The number of hydrogen-bond acceptors (Lipinski definition) is 4. The Kier molecular flexibility index (Phi) is 4.04. The number of nitrogens with zero attached hydrogens (tertiary/aromatic N) is 2. The summed E-state index contributed by atoms with van der Waals surface area (Å²) >= 11 is 6.08. The minimum atomic E-state index is -0.230. The van der Waals surface area contributed by atoms with Gasteiger partial charge in [0.25, 0.3) is 0 Å². The molecule has 0 saturated carbocycles. The van der Waals surface area contributed by atoms with E-state index in [1.807, 2.05) is 0 Å². The molecule has 1 aromatic rings. The topological polar surface area (TPSA) is 85.2 Å². The number of pyridine rings is 1. The fraction of sp³-hybridized carbons (Fsp3) is 0.500. The first-order valence-corrected chi connectivity index (χ1v) is 6.36. The largest absolute Gasteiger partial charge is 0.384 e. The quantitative estimate of drug-likeness (QED) is 0.857. The summed E-state index contributed by atoms with van der Waals surface area (Å²) < 4.78 is 0. The molecular weight excluding hydrogens is 252 g/mol. The van der Waals surface area contributed by atoms with Gasteiger partial charge in [-0.25, -0.2) is 4.98 Å². The molecule has 0 spiro atoms. The lowest BCUT2D eigenvalue weighted by atomic mass is 9.97. The number of primary amides is 1. The number of carbonyl (C=O) groups excluding carboxylic acids is 1. The molecule has 1 fully saturated rings. The highest BCUT2D eigenvalue weighted by atomic mass is 35.5. The van der Waals surface area contributed by atoms with Crippen molar-refractivity contribution >= 4 is 23.3 Å². The summed E-state index contributed by atoms with van der Waals surface area (Å²) in [4.78, 5) is 17.6. The van der Waals surface area contributed by atoms with Crippen LogP contribution in [0.4, 0.5) is 5.82 Å². The third kappa shape index (κ3) is 3.11. The third-order valence-corrected chi connectivity index (χ3v) is 3.57. The summed E-state index contributed by atoms with van der Waals surface area (Å²) in [6.45, 7) is 2.20.